The number of hydrogen-bond acceptors (Lipinski definition) is 6. The van der Waals surface area contributed by atoms with Crippen molar-refractivity contribution in [2.24, 2.45) is 0 Å². The van der Waals surface area contributed by atoms with Crippen molar-refractivity contribution in [2.45, 2.75) is 19.2 Å². The van der Waals surface area contributed by atoms with Crippen LogP contribution in [-0.4, -0.2) is 46.8 Å². The second kappa shape index (κ2) is 9.02. The van der Waals surface area contributed by atoms with Crippen LogP contribution in [0.4, 0.5) is 13.2 Å². The van der Waals surface area contributed by atoms with Crippen molar-refractivity contribution in [3.63, 3.8) is 0 Å². The highest BCUT2D eigenvalue weighted by molar-refractivity contribution is 5.95. The summed E-state index contributed by atoms with van der Waals surface area (Å²) in [5, 5.41) is 16.2. The predicted octanol–water partition coefficient (Wildman–Crippen LogP) is 3.10. The summed E-state index contributed by atoms with van der Waals surface area (Å²) in [4.78, 5) is 12.5. The summed E-state index contributed by atoms with van der Waals surface area (Å²) < 4.78 is 58.0. The van der Waals surface area contributed by atoms with E-state index in [1.165, 1.54) is 6.07 Å². The molecule has 2 aromatic carbocycles. The molecule has 0 fully saturated rings. The van der Waals surface area contributed by atoms with Gasteiger partial charge in [0, 0.05) is 12.6 Å². The fourth-order valence-corrected chi connectivity index (χ4v) is 3.29. The van der Waals surface area contributed by atoms with E-state index in [0.717, 1.165) is 6.20 Å². The van der Waals surface area contributed by atoms with Gasteiger partial charge < -0.3 is 24.6 Å². The SMILES string of the molecule is Cc1ccccc1-n1ncc(C(=O)NCC(O)COc2ccc3c(c2)OCO3)c1C(F)(F)F. The molecule has 0 saturated heterocycles. The molecule has 2 N–H and O–H groups in total. The molecule has 0 bridgehead atoms. The molecule has 1 atom stereocenters. The molecule has 8 nitrogen and oxygen atoms in total. The topological polar surface area (TPSA) is 94.8 Å². The summed E-state index contributed by atoms with van der Waals surface area (Å²) in [7, 11) is 0. The van der Waals surface area contributed by atoms with Gasteiger partial charge in [0.25, 0.3) is 5.91 Å². The zero-order chi connectivity index (χ0) is 23.6. The van der Waals surface area contributed by atoms with E-state index in [9.17, 15) is 23.1 Å². The van der Waals surface area contributed by atoms with Crippen LogP contribution in [-0.2, 0) is 6.18 Å². The normalized spacial score (nSPS) is 13.6. The number of aryl methyl sites for hydroxylation is 1. The molecule has 0 spiro atoms. The number of carbonyl (C=O) groups excluding carboxylic acids is 1. The Labute approximate surface area is 186 Å². The number of halogens is 3. The standard InChI is InChI=1S/C22H20F3N3O5/c1-13-4-2-3-5-17(13)28-20(22(23,24)25)16(10-27-28)21(30)26-9-14(29)11-31-15-6-7-18-19(8-15)33-12-32-18/h2-8,10,14,29H,9,11-12H2,1H3,(H,26,30). The highest BCUT2D eigenvalue weighted by Crippen LogP contribution is 2.35. The molecule has 1 aliphatic rings. The van der Waals surface area contributed by atoms with Gasteiger partial charge in [0.15, 0.2) is 17.2 Å². The summed E-state index contributed by atoms with van der Waals surface area (Å²) in [6.07, 6.45) is -5.13. The highest BCUT2D eigenvalue weighted by Gasteiger charge is 2.40. The van der Waals surface area contributed by atoms with Gasteiger partial charge >= 0.3 is 6.18 Å². The number of amides is 1. The Morgan fingerprint density at radius 1 is 1.24 bits per heavy atom. The minimum absolute atomic E-state index is 0.105. The zero-order valence-corrected chi connectivity index (χ0v) is 17.4. The van der Waals surface area contributed by atoms with E-state index in [0.29, 0.717) is 27.5 Å². The maximum Gasteiger partial charge on any atom is 0.434 e. The Bertz CT molecular complexity index is 1160. The van der Waals surface area contributed by atoms with Crippen LogP contribution in [0.5, 0.6) is 17.2 Å². The first-order valence-corrected chi connectivity index (χ1v) is 9.94. The van der Waals surface area contributed by atoms with Gasteiger partial charge in [-0.15, -0.1) is 0 Å². The van der Waals surface area contributed by atoms with Crippen LogP contribution in [0.3, 0.4) is 0 Å². The van der Waals surface area contributed by atoms with Crippen LogP contribution < -0.4 is 19.5 Å². The molecule has 1 amide bonds. The molecule has 0 aliphatic carbocycles. The lowest BCUT2D eigenvalue weighted by Crippen LogP contribution is -2.36. The van der Waals surface area contributed by atoms with E-state index >= 15 is 0 Å². The Morgan fingerprint density at radius 2 is 2.00 bits per heavy atom. The Kier molecular flexibility index (Phi) is 6.14. The highest BCUT2D eigenvalue weighted by atomic mass is 19.4. The minimum atomic E-state index is -4.83. The third-order valence-corrected chi connectivity index (χ3v) is 4.91. The van der Waals surface area contributed by atoms with Crippen molar-refractivity contribution < 1.29 is 37.3 Å². The van der Waals surface area contributed by atoms with Crippen LogP contribution in [0.2, 0.25) is 0 Å². The first kappa shape index (κ1) is 22.5. The van der Waals surface area contributed by atoms with Crippen LogP contribution in [0.25, 0.3) is 5.69 Å². The maximum atomic E-state index is 13.8. The van der Waals surface area contributed by atoms with Crippen molar-refractivity contribution in [1.29, 1.82) is 0 Å². The van der Waals surface area contributed by atoms with Gasteiger partial charge in [-0.25, -0.2) is 4.68 Å². The van der Waals surface area contributed by atoms with Crippen LogP contribution in [0.1, 0.15) is 21.6 Å². The molecule has 0 radical (unpaired) electrons. The predicted molar refractivity (Wildman–Crippen MR) is 110 cm³/mol. The van der Waals surface area contributed by atoms with Crippen LogP contribution >= 0.6 is 0 Å². The number of hydrogen-bond donors (Lipinski definition) is 2. The van der Waals surface area contributed by atoms with Gasteiger partial charge in [-0.2, -0.15) is 18.3 Å². The lowest BCUT2D eigenvalue weighted by molar-refractivity contribution is -0.143. The average molecular weight is 463 g/mol. The first-order valence-electron chi connectivity index (χ1n) is 9.94. The minimum Gasteiger partial charge on any atom is -0.491 e. The quantitative estimate of drug-likeness (QED) is 0.559. The second-order valence-electron chi connectivity index (χ2n) is 7.29. The van der Waals surface area contributed by atoms with Gasteiger partial charge in [-0.3, -0.25) is 4.79 Å². The Morgan fingerprint density at radius 3 is 2.76 bits per heavy atom. The second-order valence-corrected chi connectivity index (χ2v) is 7.29. The molecule has 1 aliphatic heterocycles. The molecule has 1 unspecified atom stereocenters. The van der Waals surface area contributed by atoms with Gasteiger partial charge in [0.1, 0.15) is 18.5 Å². The molecule has 11 heteroatoms. The van der Waals surface area contributed by atoms with Gasteiger partial charge in [0.2, 0.25) is 6.79 Å². The van der Waals surface area contributed by atoms with Crippen molar-refractivity contribution in [3.8, 4) is 22.9 Å². The van der Waals surface area contributed by atoms with Gasteiger partial charge in [-0.1, -0.05) is 18.2 Å². The van der Waals surface area contributed by atoms with Crippen LogP contribution in [0.15, 0.2) is 48.7 Å². The largest absolute Gasteiger partial charge is 0.491 e. The lowest BCUT2D eigenvalue weighted by Gasteiger charge is -2.15. The summed E-state index contributed by atoms with van der Waals surface area (Å²) in [5.41, 5.74) is -1.06. The van der Waals surface area contributed by atoms with E-state index in [-0.39, 0.29) is 25.6 Å². The third-order valence-electron chi connectivity index (χ3n) is 4.91. The van der Waals surface area contributed by atoms with Crippen molar-refractivity contribution in [2.75, 3.05) is 19.9 Å². The van der Waals surface area contributed by atoms with Crippen molar-refractivity contribution in [3.05, 3.63) is 65.5 Å². The number of benzene rings is 2. The number of aromatic nitrogens is 2. The van der Waals surface area contributed by atoms with E-state index in [1.54, 1.807) is 43.3 Å². The number of rotatable bonds is 7. The number of nitrogens with one attached hydrogen (secondary N) is 1. The third kappa shape index (κ3) is 4.87. The van der Waals surface area contributed by atoms with E-state index < -0.39 is 29.4 Å². The number of fused-ring (bicyclic) bond motifs is 1. The Hall–Kier alpha value is -3.73. The molecule has 3 aromatic rings. The Balaban J connectivity index is 1.41. The van der Waals surface area contributed by atoms with Crippen molar-refractivity contribution >= 4 is 5.91 Å². The molecule has 4 rings (SSSR count). The molecule has 33 heavy (non-hydrogen) atoms. The molecule has 174 valence electrons. The summed E-state index contributed by atoms with van der Waals surface area (Å²) in [5.74, 6) is 0.468. The fourth-order valence-electron chi connectivity index (χ4n) is 3.29. The number of para-hydroxylation sites is 1. The number of aliphatic hydroxyl groups excluding tert-OH is 1. The zero-order valence-electron chi connectivity index (χ0n) is 17.4. The van der Waals surface area contributed by atoms with Crippen LogP contribution in [0, 0.1) is 6.92 Å². The average Bonchev–Trinajstić information content (AvgIpc) is 3.43. The van der Waals surface area contributed by atoms with E-state index in [1.807, 2.05) is 0 Å². The number of aliphatic hydroxyl groups is 1. The van der Waals surface area contributed by atoms with Gasteiger partial charge in [-0.05, 0) is 30.7 Å². The number of ether oxygens (including phenoxy) is 3. The maximum absolute atomic E-state index is 13.8. The molecule has 0 saturated carbocycles. The molecule has 1 aromatic heterocycles. The number of alkyl halides is 3. The molecule has 2 heterocycles. The molecular weight excluding hydrogens is 443 g/mol. The fraction of sp³-hybridized carbons (Fsp3) is 0.273. The van der Waals surface area contributed by atoms with E-state index in [2.05, 4.69) is 10.4 Å². The monoisotopic (exact) mass is 463 g/mol. The smallest absolute Gasteiger partial charge is 0.434 e. The number of nitrogens with zero attached hydrogens (tertiary/aromatic N) is 2. The lowest BCUT2D eigenvalue weighted by atomic mass is 10.1. The first-order chi connectivity index (χ1) is 15.7. The summed E-state index contributed by atoms with van der Waals surface area (Å²) in [6, 6.07) is 11.3. The summed E-state index contributed by atoms with van der Waals surface area (Å²) in [6.45, 7) is 1.23. The van der Waals surface area contributed by atoms with Gasteiger partial charge in [0.05, 0.1) is 17.4 Å². The summed E-state index contributed by atoms with van der Waals surface area (Å²) >= 11 is 0. The number of carbonyl (C=O) groups is 1. The molecular formula is C22H20F3N3O5. The van der Waals surface area contributed by atoms with E-state index in [4.69, 9.17) is 14.2 Å². The van der Waals surface area contributed by atoms with Crippen molar-refractivity contribution in [1.82, 2.24) is 15.1 Å².